The maximum atomic E-state index is 12.0. The Morgan fingerprint density at radius 2 is 2.24 bits per heavy atom. The molecule has 116 valence electrons. The summed E-state index contributed by atoms with van der Waals surface area (Å²) in [6.45, 7) is 8.83. The molecular formula is C16H24BrN3O. The predicted octanol–water partition coefficient (Wildman–Crippen LogP) is 2.83. The Labute approximate surface area is 135 Å². The van der Waals surface area contributed by atoms with Gasteiger partial charge in [0.2, 0.25) is 5.91 Å². The second kappa shape index (κ2) is 7.27. The zero-order chi connectivity index (χ0) is 15.4. The third kappa shape index (κ3) is 3.58. The van der Waals surface area contributed by atoms with E-state index in [4.69, 9.17) is 0 Å². The number of hydrogen-bond acceptors (Lipinski definition) is 3. The highest BCUT2D eigenvalue weighted by molar-refractivity contribution is 9.10. The smallest absolute Gasteiger partial charge is 0.242 e. The van der Waals surface area contributed by atoms with Crippen LogP contribution < -0.4 is 15.5 Å². The average molecular weight is 354 g/mol. The summed E-state index contributed by atoms with van der Waals surface area (Å²) >= 11 is 3.68. The Hall–Kier alpha value is -1.07. The molecule has 21 heavy (non-hydrogen) atoms. The van der Waals surface area contributed by atoms with Crippen molar-refractivity contribution in [3.8, 4) is 0 Å². The topological polar surface area (TPSA) is 44.4 Å². The number of carbonyl (C=O) groups excluding carboxylic acids is 1. The molecule has 1 aromatic rings. The average Bonchev–Trinajstić information content (AvgIpc) is 2.47. The van der Waals surface area contributed by atoms with E-state index < -0.39 is 0 Å². The minimum Gasteiger partial charge on any atom is -0.357 e. The van der Waals surface area contributed by atoms with Crippen LogP contribution in [-0.4, -0.2) is 31.6 Å². The van der Waals surface area contributed by atoms with Gasteiger partial charge in [0.1, 0.15) is 6.04 Å². The molecule has 0 saturated carbocycles. The van der Waals surface area contributed by atoms with Gasteiger partial charge in [-0.2, -0.15) is 0 Å². The number of benzene rings is 1. The molecule has 2 unspecified atom stereocenters. The molecule has 1 heterocycles. The molecule has 1 saturated heterocycles. The number of halogens is 1. The quantitative estimate of drug-likeness (QED) is 0.855. The molecule has 2 N–H and O–H groups in total. The number of hydrogen-bond donors (Lipinski definition) is 2. The third-order valence-corrected chi connectivity index (χ3v) is 4.64. The summed E-state index contributed by atoms with van der Waals surface area (Å²) < 4.78 is 1.05. The second-order valence-corrected chi connectivity index (χ2v) is 6.25. The van der Waals surface area contributed by atoms with Crippen LogP contribution in [0.5, 0.6) is 0 Å². The van der Waals surface area contributed by atoms with Crippen molar-refractivity contribution in [2.45, 2.75) is 39.3 Å². The molecule has 0 aliphatic carbocycles. The fraction of sp³-hybridized carbons (Fsp3) is 0.562. The van der Waals surface area contributed by atoms with Crippen molar-refractivity contribution >= 4 is 27.5 Å². The van der Waals surface area contributed by atoms with Crippen molar-refractivity contribution in [2.24, 2.45) is 0 Å². The van der Waals surface area contributed by atoms with Crippen molar-refractivity contribution in [3.63, 3.8) is 0 Å². The van der Waals surface area contributed by atoms with Gasteiger partial charge in [0.15, 0.2) is 0 Å². The highest BCUT2D eigenvalue weighted by Crippen LogP contribution is 2.31. The van der Waals surface area contributed by atoms with Gasteiger partial charge >= 0.3 is 0 Å². The molecular weight excluding hydrogens is 330 g/mol. The van der Waals surface area contributed by atoms with E-state index in [0.717, 1.165) is 29.7 Å². The number of anilines is 1. The lowest BCUT2D eigenvalue weighted by atomic mass is 10.1. The van der Waals surface area contributed by atoms with Crippen LogP contribution in [0, 0.1) is 0 Å². The maximum Gasteiger partial charge on any atom is 0.242 e. The van der Waals surface area contributed by atoms with Gasteiger partial charge in [-0.05, 0) is 53.5 Å². The first kappa shape index (κ1) is 16.3. The molecule has 1 amide bonds. The van der Waals surface area contributed by atoms with Crippen LogP contribution in [0.4, 0.5) is 5.69 Å². The molecule has 2 rings (SSSR count). The fourth-order valence-corrected chi connectivity index (χ4v) is 3.48. The molecule has 4 nitrogen and oxygen atoms in total. The molecule has 1 aliphatic heterocycles. The minimum absolute atomic E-state index is 0.0768. The molecule has 0 spiro atoms. The molecule has 0 bridgehead atoms. The predicted molar refractivity (Wildman–Crippen MR) is 90.7 cm³/mol. The molecule has 1 aliphatic rings. The van der Waals surface area contributed by atoms with Gasteiger partial charge in [-0.3, -0.25) is 4.79 Å². The van der Waals surface area contributed by atoms with E-state index >= 15 is 0 Å². The molecule has 5 heteroatoms. The maximum absolute atomic E-state index is 12.0. The highest BCUT2D eigenvalue weighted by atomic mass is 79.9. The van der Waals surface area contributed by atoms with Gasteiger partial charge in [-0.25, -0.2) is 0 Å². The van der Waals surface area contributed by atoms with Crippen LogP contribution in [0.2, 0.25) is 0 Å². The summed E-state index contributed by atoms with van der Waals surface area (Å²) in [5.74, 6) is 0.126. The first-order valence-electron chi connectivity index (χ1n) is 7.65. The van der Waals surface area contributed by atoms with Gasteiger partial charge in [0, 0.05) is 23.6 Å². The van der Waals surface area contributed by atoms with E-state index in [1.807, 2.05) is 0 Å². The molecule has 0 aromatic heterocycles. The van der Waals surface area contributed by atoms with Crippen molar-refractivity contribution in [2.75, 3.05) is 24.5 Å². The van der Waals surface area contributed by atoms with Crippen LogP contribution in [0.25, 0.3) is 0 Å². The normalized spacial score (nSPS) is 20.3. The SMILES string of the molecule is CCNC(C)c1ccc(N2CCNC(=O)C2CC)c(Br)c1. The Balaban J connectivity index is 2.25. The molecule has 1 fully saturated rings. The lowest BCUT2D eigenvalue weighted by molar-refractivity contribution is -0.123. The summed E-state index contributed by atoms with van der Waals surface area (Å²) in [5, 5.41) is 6.36. The van der Waals surface area contributed by atoms with Crippen molar-refractivity contribution < 1.29 is 4.79 Å². The number of carbonyl (C=O) groups is 1. The van der Waals surface area contributed by atoms with Crippen LogP contribution >= 0.6 is 15.9 Å². The van der Waals surface area contributed by atoms with E-state index in [2.05, 4.69) is 70.4 Å². The van der Waals surface area contributed by atoms with E-state index in [0.29, 0.717) is 12.6 Å². The number of nitrogens with zero attached hydrogens (tertiary/aromatic N) is 1. The van der Waals surface area contributed by atoms with Gasteiger partial charge in [0.05, 0.1) is 5.69 Å². The zero-order valence-corrected chi connectivity index (χ0v) is 14.5. The van der Waals surface area contributed by atoms with E-state index in [-0.39, 0.29) is 11.9 Å². The number of piperazine rings is 1. The van der Waals surface area contributed by atoms with Crippen LogP contribution in [0.1, 0.15) is 38.8 Å². The zero-order valence-electron chi connectivity index (χ0n) is 12.9. The van der Waals surface area contributed by atoms with E-state index in [1.165, 1.54) is 5.56 Å². The Morgan fingerprint density at radius 1 is 1.48 bits per heavy atom. The highest BCUT2D eigenvalue weighted by Gasteiger charge is 2.29. The lowest BCUT2D eigenvalue weighted by Crippen LogP contribution is -2.55. The number of rotatable bonds is 5. The molecule has 0 radical (unpaired) electrons. The standard InChI is InChI=1S/C16H24BrN3O/c1-4-14-16(21)19-8-9-20(14)15-7-6-12(10-13(15)17)11(3)18-5-2/h6-7,10-11,14,18H,4-5,8-9H2,1-3H3,(H,19,21). The largest absolute Gasteiger partial charge is 0.357 e. The minimum atomic E-state index is -0.0768. The molecule has 2 atom stereocenters. The third-order valence-electron chi connectivity index (χ3n) is 4.01. The molecule has 1 aromatic carbocycles. The van der Waals surface area contributed by atoms with E-state index in [9.17, 15) is 4.79 Å². The lowest BCUT2D eigenvalue weighted by Gasteiger charge is -2.37. The Bertz CT molecular complexity index is 506. The van der Waals surface area contributed by atoms with Gasteiger partial charge < -0.3 is 15.5 Å². The van der Waals surface area contributed by atoms with Crippen LogP contribution in [0.3, 0.4) is 0 Å². The summed E-state index contributed by atoms with van der Waals surface area (Å²) in [7, 11) is 0. The fourth-order valence-electron chi connectivity index (χ4n) is 2.86. The second-order valence-electron chi connectivity index (χ2n) is 5.40. The summed E-state index contributed by atoms with van der Waals surface area (Å²) in [6, 6.07) is 6.67. The van der Waals surface area contributed by atoms with Crippen molar-refractivity contribution in [1.29, 1.82) is 0 Å². The first-order chi connectivity index (χ1) is 10.1. The van der Waals surface area contributed by atoms with Crippen molar-refractivity contribution in [3.05, 3.63) is 28.2 Å². The van der Waals surface area contributed by atoms with Crippen molar-refractivity contribution in [1.82, 2.24) is 10.6 Å². The number of nitrogens with one attached hydrogen (secondary N) is 2. The van der Waals surface area contributed by atoms with Crippen LogP contribution in [-0.2, 0) is 4.79 Å². The Kier molecular flexibility index (Phi) is 5.65. The van der Waals surface area contributed by atoms with Crippen LogP contribution in [0.15, 0.2) is 22.7 Å². The Morgan fingerprint density at radius 3 is 2.86 bits per heavy atom. The van der Waals surface area contributed by atoms with Gasteiger partial charge in [-0.15, -0.1) is 0 Å². The van der Waals surface area contributed by atoms with Gasteiger partial charge in [-0.1, -0.05) is 19.9 Å². The summed E-state index contributed by atoms with van der Waals surface area (Å²) in [5.41, 5.74) is 2.35. The van der Waals surface area contributed by atoms with E-state index in [1.54, 1.807) is 0 Å². The number of amides is 1. The first-order valence-corrected chi connectivity index (χ1v) is 8.45. The monoisotopic (exact) mass is 353 g/mol. The summed E-state index contributed by atoms with van der Waals surface area (Å²) in [4.78, 5) is 14.2. The summed E-state index contributed by atoms with van der Waals surface area (Å²) in [6.07, 6.45) is 0.813. The van der Waals surface area contributed by atoms with Gasteiger partial charge in [0.25, 0.3) is 0 Å².